The van der Waals surface area contributed by atoms with Crippen LogP contribution in [0, 0.1) is 0 Å². The number of nitrogens with two attached hydrogens (primary N) is 1. The maximum atomic E-state index is 10.6. The van der Waals surface area contributed by atoms with Gasteiger partial charge in [0.25, 0.3) is 0 Å². The number of imidazole rings is 1. The number of aryl methyl sites for hydroxylation is 1. The van der Waals surface area contributed by atoms with E-state index in [1.807, 2.05) is 0 Å². The highest BCUT2D eigenvalue weighted by atomic mass is 35.5. The Balaban J connectivity index is 2.91. The third kappa shape index (κ3) is 1.12. The van der Waals surface area contributed by atoms with Crippen LogP contribution in [0.4, 0.5) is 5.95 Å². The quantitative estimate of drug-likeness (QED) is 0.545. The van der Waals surface area contributed by atoms with Crippen LogP contribution in [0.1, 0.15) is 10.6 Å². The summed E-state index contributed by atoms with van der Waals surface area (Å²) in [6.07, 6.45) is 0.619. The first-order chi connectivity index (χ1) is 6.63. The Hall–Kier alpha value is -1.69. The lowest BCUT2D eigenvalue weighted by atomic mass is 10.5. The minimum atomic E-state index is 0.0583. The Morgan fingerprint density at radius 2 is 2.14 bits per heavy atom. The second-order valence-electron chi connectivity index (χ2n) is 2.69. The molecule has 2 N–H and O–H groups in total. The van der Waals surface area contributed by atoms with Crippen LogP contribution in [0.15, 0.2) is 0 Å². The first-order valence-electron chi connectivity index (χ1n) is 3.74. The van der Waals surface area contributed by atoms with Gasteiger partial charge < -0.3 is 10.3 Å². The van der Waals surface area contributed by atoms with Gasteiger partial charge in [-0.2, -0.15) is 9.97 Å². The molecule has 0 unspecified atom stereocenters. The molecule has 0 aliphatic carbocycles. The second-order valence-corrected chi connectivity index (χ2v) is 3.05. The van der Waals surface area contributed by atoms with Crippen LogP contribution in [-0.2, 0) is 7.05 Å². The molecule has 2 aromatic rings. The topological polar surface area (TPSA) is 86.7 Å². The van der Waals surface area contributed by atoms with Crippen LogP contribution in [0.2, 0.25) is 5.15 Å². The number of aldehydes is 1. The Bertz CT molecular complexity index is 520. The Morgan fingerprint density at radius 1 is 1.43 bits per heavy atom. The van der Waals surface area contributed by atoms with E-state index < -0.39 is 0 Å². The molecule has 0 atom stereocenters. The van der Waals surface area contributed by atoms with Crippen molar-refractivity contribution in [1.82, 2.24) is 19.5 Å². The van der Waals surface area contributed by atoms with E-state index in [4.69, 9.17) is 17.3 Å². The predicted octanol–water partition coefficient (Wildman–Crippen LogP) is 0.411. The van der Waals surface area contributed by atoms with Crippen molar-refractivity contribution in [3.05, 3.63) is 11.0 Å². The van der Waals surface area contributed by atoms with Crippen molar-refractivity contribution in [3.63, 3.8) is 0 Å². The highest BCUT2D eigenvalue weighted by Gasteiger charge is 2.12. The van der Waals surface area contributed by atoms with Gasteiger partial charge in [-0.3, -0.25) is 4.79 Å². The summed E-state index contributed by atoms with van der Waals surface area (Å²) >= 11 is 5.78. The summed E-state index contributed by atoms with van der Waals surface area (Å²) in [6.45, 7) is 0. The van der Waals surface area contributed by atoms with Crippen molar-refractivity contribution in [2.45, 2.75) is 0 Å². The second kappa shape index (κ2) is 2.91. The van der Waals surface area contributed by atoms with E-state index >= 15 is 0 Å². The molecule has 2 aromatic heterocycles. The molecule has 0 radical (unpaired) electrons. The average Bonchev–Trinajstić information content (AvgIpc) is 2.44. The zero-order valence-electron chi connectivity index (χ0n) is 7.23. The number of halogens is 1. The van der Waals surface area contributed by atoms with E-state index in [1.54, 1.807) is 7.05 Å². The summed E-state index contributed by atoms with van der Waals surface area (Å²) in [6, 6.07) is 0. The summed E-state index contributed by atoms with van der Waals surface area (Å²) in [5.41, 5.74) is 6.24. The van der Waals surface area contributed by atoms with Gasteiger partial charge in [0.05, 0.1) is 0 Å². The highest BCUT2D eigenvalue weighted by Crippen LogP contribution is 2.20. The molecular formula is C7H6ClN5O. The van der Waals surface area contributed by atoms with Gasteiger partial charge in [0, 0.05) is 7.05 Å². The van der Waals surface area contributed by atoms with Gasteiger partial charge in [0.15, 0.2) is 22.9 Å². The van der Waals surface area contributed by atoms with Crippen molar-refractivity contribution < 1.29 is 4.79 Å². The number of anilines is 1. The van der Waals surface area contributed by atoms with Crippen LogP contribution in [0.25, 0.3) is 11.2 Å². The van der Waals surface area contributed by atoms with Crippen LogP contribution in [0.3, 0.4) is 0 Å². The molecular weight excluding hydrogens is 206 g/mol. The molecule has 0 spiro atoms. The molecule has 2 heterocycles. The van der Waals surface area contributed by atoms with Gasteiger partial charge in [-0.05, 0) is 0 Å². The van der Waals surface area contributed by atoms with Gasteiger partial charge in [0.2, 0.25) is 5.95 Å². The lowest BCUT2D eigenvalue weighted by Gasteiger charge is -1.96. The fraction of sp³-hybridized carbons (Fsp3) is 0.143. The third-order valence-corrected chi connectivity index (χ3v) is 2.10. The largest absolute Gasteiger partial charge is 0.368 e. The minimum Gasteiger partial charge on any atom is -0.368 e. The van der Waals surface area contributed by atoms with E-state index in [1.165, 1.54) is 4.57 Å². The highest BCUT2D eigenvalue weighted by molar-refractivity contribution is 6.33. The van der Waals surface area contributed by atoms with E-state index in [2.05, 4.69) is 15.0 Å². The number of nitrogen functional groups attached to an aromatic ring is 1. The number of fused-ring (bicyclic) bond motifs is 1. The third-order valence-electron chi connectivity index (χ3n) is 1.83. The first kappa shape index (κ1) is 8.89. The maximum absolute atomic E-state index is 10.6. The molecule has 0 saturated heterocycles. The van der Waals surface area contributed by atoms with Gasteiger partial charge in [0.1, 0.15) is 5.52 Å². The number of hydrogen-bond acceptors (Lipinski definition) is 5. The van der Waals surface area contributed by atoms with Crippen molar-refractivity contribution in [1.29, 1.82) is 0 Å². The number of carbonyl (C=O) groups excluding carboxylic acids is 1. The Labute approximate surface area is 83.7 Å². The molecule has 72 valence electrons. The summed E-state index contributed by atoms with van der Waals surface area (Å²) < 4.78 is 1.51. The molecule has 7 heteroatoms. The van der Waals surface area contributed by atoms with Gasteiger partial charge in [-0.25, -0.2) is 4.98 Å². The van der Waals surface area contributed by atoms with Gasteiger partial charge >= 0.3 is 0 Å². The monoisotopic (exact) mass is 211 g/mol. The normalized spacial score (nSPS) is 10.7. The molecule has 0 aliphatic heterocycles. The Morgan fingerprint density at radius 3 is 2.79 bits per heavy atom. The van der Waals surface area contributed by atoms with Gasteiger partial charge in [-0.1, -0.05) is 11.6 Å². The summed E-state index contributed by atoms with van der Waals surface area (Å²) in [4.78, 5) is 22.2. The number of aromatic nitrogens is 4. The van der Waals surface area contributed by atoms with Crippen LogP contribution >= 0.6 is 11.6 Å². The smallest absolute Gasteiger partial charge is 0.223 e. The SMILES string of the molecule is Cn1c(C=O)nc2c(Cl)nc(N)nc21. The Kier molecular flexibility index (Phi) is 1.85. The van der Waals surface area contributed by atoms with Crippen molar-refractivity contribution in [2.75, 3.05) is 5.73 Å². The predicted molar refractivity (Wildman–Crippen MR) is 51.1 cm³/mol. The first-order valence-corrected chi connectivity index (χ1v) is 4.12. The number of hydrogen-bond donors (Lipinski definition) is 1. The molecule has 14 heavy (non-hydrogen) atoms. The fourth-order valence-corrected chi connectivity index (χ4v) is 1.38. The van der Waals surface area contributed by atoms with Gasteiger partial charge in [-0.15, -0.1) is 0 Å². The zero-order valence-corrected chi connectivity index (χ0v) is 7.99. The average molecular weight is 212 g/mol. The number of carbonyl (C=O) groups is 1. The zero-order chi connectivity index (χ0) is 10.3. The maximum Gasteiger partial charge on any atom is 0.223 e. The lowest BCUT2D eigenvalue weighted by Crippen LogP contribution is -1.99. The molecule has 2 rings (SSSR count). The lowest BCUT2D eigenvalue weighted by molar-refractivity contribution is 0.111. The molecule has 0 amide bonds. The number of nitrogens with zero attached hydrogens (tertiary/aromatic N) is 4. The van der Waals surface area contributed by atoms with E-state index in [0.29, 0.717) is 17.5 Å². The van der Waals surface area contributed by atoms with Crippen molar-refractivity contribution in [3.8, 4) is 0 Å². The number of rotatable bonds is 1. The molecule has 0 aliphatic rings. The van der Waals surface area contributed by atoms with Crippen molar-refractivity contribution >= 4 is 35.0 Å². The minimum absolute atomic E-state index is 0.0583. The molecule has 6 nitrogen and oxygen atoms in total. The van der Waals surface area contributed by atoms with Crippen molar-refractivity contribution in [2.24, 2.45) is 7.05 Å². The standard InChI is InChI=1S/C7H6ClN5O/c1-13-3(2-14)10-4-5(8)11-7(9)12-6(4)13/h2H,1H3,(H2,9,11,12). The van der Waals surface area contributed by atoms with E-state index in [-0.39, 0.29) is 16.9 Å². The summed E-state index contributed by atoms with van der Waals surface area (Å²) in [5.74, 6) is 0.296. The van der Waals surface area contributed by atoms with Crippen LogP contribution < -0.4 is 5.73 Å². The molecule has 0 aromatic carbocycles. The van der Waals surface area contributed by atoms with E-state index in [0.717, 1.165) is 0 Å². The van der Waals surface area contributed by atoms with Crippen LogP contribution in [-0.4, -0.2) is 25.8 Å². The molecule has 0 bridgehead atoms. The molecule has 0 saturated carbocycles. The summed E-state index contributed by atoms with van der Waals surface area (Å²) in [7, 11) is 1.65. The van der Waals surface area contributed by atoms with Crippen LogP contribution in [0.5, 0.6) is 0 Å². The van der Waals surface area contributed by atoms with E-state index in [9.17, 15) is 4.79 Å². The summed E-state index contributed by atoms with van der Waals surface area (Å²) in [5, 5.41) is 0.149. The fourth-order valence-electron chi connectivity index (χ4n) is 1.17. The molecule has 0 fully saturated rings.